The topological polar surface area (TPSA) is 92.5 Å². The Morgan fingerprint density at radius 1 is 1.55 bits per heavy atom. The number of nitrogens with two attached hydrogens (primary N) is 1. The highest BCUT2D eigenvalue weighted by molar-refractivity contribution is 6.01. The molecular weight excluding hydrogens is 289 g/mol. The fraction of sp³-hybridized carbons (Fsp3) is 0.400. The molecule has 2 rings (SSSR count). The van der Waals surface area contributed by atoms with Crippen LogP contribution < -0.4 is 11.1 Å². The summed E-state index contributed by atoms with van der Waals surface area (Å²) < 4.78 is 14.3. The summed E-state index contributed by atoms with van der Waals surface area (Å²) in [7, 11) is 1.46. The molecule has 0 fully saturated rings. The molecule has 2 amide bonds. The molecule has 0 radical (unpaired) electrons. The molecule has 0 saturated heterocycles. The molecule has 1 atom stereocenters. The number of nitrogens with one attached hydrogen (secondary N) is 1. The van der Waals surface area contributed by atoms with Gasteiger partial charge in [0.05, 0.1) is 5.56 Å². The van der Waals surface area contributed by atoms with Crippen molar-refractivity contribution in [3.8, 4) is 0 Å². The van der Waals surface area contributed by atoms with Gasteiger partial charge in [0.15, 0.2) is 0 Å². The van der Waals surface area contributed by atoms with Crippen LogP contribution in [0, 0.1) is 5.82 Å². The molecule has 1 aliphatic heterocycles. The zero-order valence-corrected chi connectivity index (χ0v) is 12.3. The van der Waals surface area contributed by atoms with Gasteiger partial charge in [-0.2, -0.15) is 0 Å². The second-order valence-corrected chi connectivity index (χ2v) is 5.08. The minimum Gasteiger partial charge on any atom is -0.357 e. The predicted molar refractivity (Wildman–Crippen MR) is 77.3 cm³/mol. The number of hydrogen-bond donors (Lipinski definition) is 2. The van der Waals surface area contributed by atoms with Gasteiger partial charge in [-0.3, -0.25) is 9.59 Å². The van der Waals surface area contributed by atoms with Crippen LogP contribution in [-0.2, 0) is 22.7 Å². The lowest BCUT2D eigenvalue weighted by Gasteiger charge is -2.25. The maximum Gasteiger partial charge on any atom is 0.258 e. The van der Waals surface area contributed by atoms with Crippen LogP contribution in [0.2, 0.25) is 0 Å². The van der Waals surface area contributed by atoms with Gasteiger partial charge in [0.1, 0.15) is 18.1 Å². The van der Waals surface area contributed by atoms with Crippen molar-refractivity contribution in [2.45, 2.75) is 32.0 Å². The normalized spacial score (nSPS) is 14.7. The molecule has 1 aromatic rings. The molecule has 1 aliphatic rings. The van der Waals surface area contributed by atoms with E-state index in [0.717, 1.165) is 0 Å². The molecule has 7 heteroatoms. The Bertz CT molecular complexity index is 618. The van der Waals surface area contributed by atoms with Gasteiger partial charge in [-0.15, -0.1) is 0 Å². The van der Waals surface area contributed by atoms with Crippen molar-refractivity contribution in [2.75, 3.05) is 7.05 Å². The van der Waals surface area contributed by atoms with Crippen LogP contribution in [0.3, 0.4) is 0 Å². The number of carbonyl (C=O) groups is 3. The lowest BCUT2D eigenvalue weighted by molar-refractivity contribution is -0.125. The summed E-state index contributed by atoms with van der Waals surface area (Å²) in [6, 6.07) is 2.40. The summed E-state index contributed by atoms with van der Waals surface area (Å²) in [5.41, 5.74) is 6.22. The number of likely N-dealkylation sites (N-methyl/N-ethyl adjacent to an activating group) is 1. The van der Waals surface area contributed by atoms with Gasteiger partial charge >= 0.3 is 0 Å². The molecule has 1 aromatic carbocycles. The molecule has 0 bridgehead atoms. The number of rotatable bonds is 6. The van der Waals surface area contributed by atoms with Crippen LogP contribution >= 0.6 is 0 Å². The highest BCUT2D eigenvalue weighted by Gasteiger charge is 2.38. The molecule has 22 heavy (non-hydrogen) atoms. The van der Waals surface area contributed by atoms with Crippen molar-refractivity contribution >= 4 is 18.1 Å². The number of carbonyl (C=O) groups excluding carboxylic acids is 3. The van der Waals surface area contributed by atoms with E-state index in [4.69, 9.17) is 5.73 Å². The van der Waals surface area contributed by atoms with Crippen LogP contribution in [0.5, 0.6) is 0 Å². The van der Waals surface area contributed by atoms with E-state index in [1.54, 1.807) is 12.1 Å². The Morgan fingerprint density at radius 3 is 2.86 bits per heavy atom. The number of amides is 2. The lowest BCUT2D eigenvalue weighted by Crippen LogP contribution is -2.46. The van der Waals surface area contributed by atoms with E-state index in [1.165, 1.54) is 11.9 Å². The zero-order valence-electron chi connectivity index (χ0n) is 12.3. The first-order valence-corrected chi connectivity index (χ1v) is 7.01. The van der Waals surface area contributed by atoms with Crippen molar-refractivity contribution in [1.82, 2.24) is 10.2 Å². The molecule has 118 valence electrons. The number of benzene rings is 1. The van der Waals surface area contributed by atoms with Gasteiger partial charge in [0, 0.05) is 32.1 Å². The third-order valence-corrected chi connectivity index (χ3v) is 3.83. The highest BCUT2D eigenvalue weighted by Crippen LogP contribution is 2.29. The monoisotopic (exact) mass is 307 g/mol. The SMILES string of the molecule is CNC(=O)C(CCC=O)N1Cc2ccc(CN)c(F)c2C1=O. The Kier molecular flexibility index (Phi) is 4.87. The molecule has 0 aliphatic carbocycles. The second-order valence-electron chi connectivity index (χ2n) is 5.08. The van der Waals surface area contributed by atoms with E-state index in [1.807, 2.05) is 0 Å². The van der Waals surface area contributed by atoms with Crippen molar-refractivity contribution in [3.05, 3.63) is 34.6 Å². The third-order valence-electron chi connectivity index (χ3n) is 3.83. The second kappa shape index (κ2) is 6.65. The summed E-state index contributed by atoms with van der Waals surface area (Å²) in [5, 5.41) is 2.47. The van der Waals surface area contributed by atoms with E-state index in [2.05, 4.69) is 5.32 Å². The summed E-state index contributed by atoms with van der Waals surface area (Å²) in [6.45, 7) is 0.142. The lowest BCUT2D eigenvalue weighted by atomic mass is 10.1. The van der Waals surface area contributed by atoms with Crippen molar-refractivity contribution in [3.63, 3.8) is 0 Å². The van der Waals surface area contributed by atoms with Gasteiger partial charge in [-0.25, -0.2) is 4.39 Å². The zero-order chi connectivity index (χ0) is 16.3. The Labute approximate surface area is 127 Å². The maximum absolute atomic E-state index is 14.3. The quantitative estimate of drug-likeness (QED) is 0.741. The van der Waals surface area contributed by atoms with Crippen LogP contribution in [0.1, 0.15) is 34.3 Å². The summed E-state index contributed by atoms with van der Waals surface area (Å²) in [6.07, 6.45) is 1.04. The number of halogens is 1. The van der Waals surface area contributed by atoms with E-state index >= 15 is 0 Å². The first-order chi connectivity index (χ1) is 10.5. The molecule has 0 spiro atoms. The van der Waals surface area contributed by atoms with Crippen LogP contribution in [0.15, 0.2) is 12.1 Å². The molecule has 0 aromatic heterocycles. The first-order valence-electron chi connectivity index (χ1n) is 7.01. The predicted octanol–water partition coefficient (Wildman–Crippen LogP) is 0.334. The number of nitrogens with zero attached hydrogens (tertiary/aromatic N) is 1. The molecule has 3 N–H and O–H groups in total. The van der Waals surface area contributed by atoms with Gasteiger partial charge in [0.25, 0.3) is 5.91 Å². The molecular formula is C15H18FN3O3. The minimum atomic E-state index is -0.796. The average molecular weight is 307 g/mol. The van der Waals surface area contributed by atoms with Crippen LogP contribution in [-0.4, -0.2) is 36.1 Å². The van der Waals surface area contributed by atoms with Gasteiger partial charge < -0.3 is 20.7 Å². The van der Waals surface area contributed by atoms with E-state index < -0.39 is 17.8 Å². The highest BCUT2D eigenvalue weighted by atomic mass is 19.1. The standard InChI is InChI=1S/C15H18FN3O3/c1-18-14(21)11(3-2-6-20)19-8-10-5-4-9(7-17)13(16)12(10)15(19)22/h4-6,11H,2-3,7-8,17H2,1H3,(H,18,21). The summed E-state index contributed by atoms with van der Waals surface area (Å²) >= 11 is 0. The number of aldehydes is 1. The fourth-order valence-corrected chi connectivity index (χ4v) is 2.65. The van der Waals surface area contributed by atoms with Gasteiger partial charge in [-0.05, 0) is 12.0 Å². The Balaban J connectivity index is 2.34. The van der Waals surface area contributed by atoms with E-state index in [9.17, 15) is 18.8 Å². The number of fused-ring (bicyclic) bond motifs is 1. The van der Waals surface area contributed by atoms with E-state index in [-0.39, 0.29) is 43.0 Å². The summed E-state index contributed by atoms with van der Waals surface area (Å²) in [4.78, 5) is 36.3. The van der Waals surface area contributed by atoms with Crippen LogP contribution in [0.4, 0.5) is 4.39 Å². The molecule has 1 unspecified atom stereocenters. The largest absolute Gasteiger partial charge is 0.357 e. The van der Waals surface area contributed by atoms with Gasteiger partial charge in [0.2, 0.25) is 5.91 Å². The fourth-order valence-electron chi connectivity index (χ4n) is 2.65. The van der Waals surface area contributed by atoms with Crippen molar-refractivity contribution in [1.29, 1.82) is 0 Å². The van der Waals surface area contributed by atoms with Gasteiger partial charge in [-0.1, -0.05) is 12.1 Å². The van der Waals surface area contributed by atoms with Crippen molar-refractivity contribution in [2.24, 2.45) is 5.73 Å². The molecule has 0 saturated carbocycles. The molecule has 1 heterocycles. The Morgan fingerprint density at radius 2 is 2.27 bits per heavy atom. The first kappa shape index (κ1) is 16.1. The third kappa shape index (κ3) is 2.71. The Hall–Kier alpha value is -2.28. The minimum absolute atomic E-state index is 0.00356. The van der Waals surface area contributed by atoms with Crippen LogP contribution in [0.25, 0.3) is 0 Å². The maximum atomic E-state index is 14.3. The number of hydrogen-bond acceptors (Lipinski definition) is 4. The summed E-state index contributed by atoms with van der Waals surface area (Å²) in [5.74, 6) is -1.54. The average Bonchev–Trinajstić information content (AvgIpc) is 2.85. The molecule has 6 nitrogen and oxygen atoms in total. The van der Waals surface area contributed by atoms with Crippen molar-refractivity contribution < 1.29 is 18.8 Å². The van der Waals surface area contributed by atoms with E-state index in [0.29, 0.717) is 11.8 Å². The smallest absolute Gasteiger partial charge is 0.258 e.